The smallest absolute Gasteiger partial charge is 0.154 e. The second kappa shape index (κ2) is 10.5. The minimum Gasteiger partial charge on any atom is -0.326 e. The number of hydrogen-bond acceptors (Lipinski definition) is 5. The molecule has 0 spiro atoms. The molecule has 0 saturated carbocycles. The zero-order chi connectivity index (χ0) is 25.3. The Hall–Kier alpha value is -2.02. The lowest BCUT2D eigenvalue weighted by molar-refractivity contribution is -0.109. The summed E-state index contributed by atoms with van der Waals surface area (Å²) in [6.07, 6.45) is 3.00. The van der Waals surface area contributed by atoms with Crippen molar-refractivity contribution in [2.24, 2.45) is 10.1 Å². The molecule has 0 saturated heterocycles. The van der Waals surface area contributed by atoms with Crippen molar-refractivity contribution in [3.63, 3.8) is 0 Å². The number of carbonyl (C=O) groups is 1. The Morgan fingerprint density at radius 2 is 2.00 bits per heavy atom. The first kappa shape index (κ1) is 26.1. The number of hydrazone groups is 1. The summed E-state index contributed by atoms with van der Waals surface area (Å²) in [5, 5.41) is 7.60. The third-order valence-corrected chi connectivity index (χ3v) is 8.35. The van der Waals surface area contributed by atoms with Crippen molar-refractivity contribution >= 4 is 58.5 Å². The van der Waals surface area contributed by atoms with Gasteiger partial charge in [-0.15, -0.1) is 11.8 Å². The lowest BCUT2D eigenvalue weighted by Gasteiger charge is -2.39. The number of carbonyl (C=O) groups excluding carboxylic acids is 1. The zero-order valence-electron chi connectivity index (χ0n) is 20.9. The molecule has 0 bridgehead atoms. The van der Waals surface area contributed by atoms with Gasteiger partial charge in [0.25, 0.3) is 0 Å². The highest BCUT2D eigenvalue weighted by Crippen LogP contribution is 2.39. The molecule has 2 heterocycles. The minimum absolute atomic E-state index is 0.129. The average molecular weight is 532 g/mol. The number of anilines is 1. The van der Waals surface area contributed by atoms with Crippen molar-refractivity contribution in [3.05, 3.63) is 63.1 Å². The van der Waals surface area contributed by atoms with E-state index in [1.54, 1.807) is 11.8 Å². The molecule has 186 valence electrons. The maximum absolute atomic E-state index is 11.6. The number of benzene rings is 2. The number of rotatable bonds is 5. The van der Waals surface area contributed by atoms with Crippen LogP contribution in [0.1, 0.15) is 57.7 Å². The topological polar surface area (TPSA) is 48.3 Å². The van der Waals surface area contributed by atoms with Gasteiger partial charge in [0.15, 0.2) is 6.29 Å². The Morgan fingerprint density at radius 1 is 1.23 bits per heavy atom. The molecule has 2 aromatic carbocycles. The average Bonchev–Trinajstić information content (AvgIpc) is 2.83. The number of thioether (sulfide) groups is 1. The van der Waals surface area contributed by atoms with Gasteiger partial charge in [0.2, 0.25) is 0 Å². The summed E-state index contributed by atoms with van der Waals surface area (Å²) in [5.74, 6) is 0.907. The van der Waals surface area contributed by atoms with Gasteiger partial charge in [0.05, 0.1) is 20.5 Å². The highest BCUT2D eigenvalue weighted by molar-refractivity contribution is 8.02. The lowest BCUT2D eigenvalue weighted by atomic mass is 9.93. The summed E-state index contributed by atoms with van der Waals surface area (Å²) in [6.45, 7) is 12.0. The van der Waals surface area contributed by atoms with Gasteiger partial charge in [-0.05, 0) is 88.9 Å². The Morgan fingerprint density at radius 3 is 2.66 bits per heavy atom. The van der Waals surface area contributed by atoms with Gasteiger partial charge in [-0.3, -0.25) is 10.0 Å². The van der Waals surface area contributed by atoms with Crippen molar-refractivity contribution in [1.82, 2.24) is 5.01 Å². The van der Waals surface area contributed by atoms with E-state index >= 15 is 0 Å². The van der Waals surface area contributed by atoms with Gasteiger partial charge in [0, 0.05) is 30.4 Å². The molecule has 1 atom stereocenters. The summed E-state index contributed by atoms with van der Waals surface area (Å²) >= 11 is 14.2. The van der Waals surface area contributed by atoms with E-state index in [0.717, 1.165) is 54.0 Å². The van der Waals surface area contributed by atoms with E-state index in [1.165, 1.54) is 5.56 Å². The van der Waals surface area contributed by atoms with Gasteiger partial charge >= 0.3 is 0 Å². The van der Waals surface area contributed by atoms with Crippen molar-refractivity contribution in [1.29, 1.82) is 0 Å². The number of fused-ring (bicyclic) bond motifs is 1. The number of halogens is 2. The van der Waals surface area contributed by atoms with E-state index in [0.29, 0.717) is 16.6 Å². The summed E-state index contributed by atoms with van der Waals surface area (Å²) in [4.78, 5) is 18.9. The Bertz CT molecular complexity index is 1180. The molecule has 0 aliphatic carbocycles. The van der Waals surface area contributed by atoms with Crippen molar-refractivity contribution in [3.8, 4) is 0 Å². The van der Waals surface area contributed by atoms with E-state index in [2.05, 4.69) is 50.8 Å². The predicted molar refractivity (Wildman–Crippen MR) is 151 cm³/mol. The molecule has 0 N–H and O–H groups in total. The van der Waals surface area contributed by atoms with E-state index in [9.17, 15) is 4.79 Å². The summed E-state index contributed by atoms with van der Waals surface area (Å²) in [6, 6.07) is 12.4. The number of aryl methyl sites for hydroxylation is 1. The molecule has 0 radical (unpaired) electrons. The number of likely N-dealkylation sites (N-methyl/N-ethyl adjacent to an activating group) is 1. The zero-order valence-corrected chi connectivity index (χ0v) is 23.2. The molecule has 2 aliphatic heterocycles. The first-order valence-corrected chi connectivity index (χ1v) is 13.7. The Balaban J connectivity index is 1.76. The molecule has 1 unspecified atom stereocenters. The van der Waals surface area contributed by atoms with Crippen LogP contribution < -0.4 is 4.90 Å². The first-order chi connectivity index (χ1) is 16.6. The second-order valence-corrected chi connectivity index (χ2v) is 12.2. The van der Waals surface area contributed by atoms with Crippen LogP contribution in [0.15, 0.2) is 46.5 Å². The number of hydrogen-bond donors (Lipinski definition) is 0. The minimum atomic E-state index is -0.274. The van der Waals surface area contributed by atoms with Crippen LogP contribution in [0.3, 0.4) is 0 Å². The first-order valence-electron chi connectivity index (χ1n) is 12.1. The van der Waals surface area contributed by atoms with E-state index < -0.39 is 0 Å². The maximum atomic E-state index is 11.6. The third-order valence-electron chi connectivity index (χ3n) is 6.23. The van der Waals surface area contributed by atoms with Crippen LogP contribution in [-0.2, 0) is 11.2 Å². The maximum Gasteiger partial charge on any atom is 0.154 e. The molecular formula is C27H32Cl2N4OS. The van der Waals surface area contributed by atoms with Gasteiger partial charge in [0.1, 0.15) is 11.2 Å². The highest BCUT2D eigenvalue weighted by Gasteiger charge is 2.38. The Kier molecular flexibility index (Phi) is 7.84. The van der Waals surface area contributed by atoms with Crippen LogP contribution >= 0.6 is 35.0 Å². The van der Waals surface area contributed by atoms with Gasteiger partial charge < -0.3 is 9.69 Å². The SMILES string of the molecule is CCN1N=C(c2ccc3c(c2)CCCN3C(=NC(C)C)c2ccc(Cl)c(Cl)c2)C(C)(C)SC1C=O. The molecule has 35 heavy (non-hydrogen) atoms. The molecule has 0 aromatic heterocycles. The quantitative estimate of drug-likeness (QED) is 0.245. The van der Waals surface area contributed by atoms with E-state index in [1.807, 2.05) is 30.1 Å². The molecule has 0 amide bonds. The van der Waals surface area contributed by atoms with E-state index in [-0.39, 0.29) is 16.2 Å². The van der Waals surface area contributed by atoms with Crippen molar-refractivity contribution < 1.29 is 4.79 Å². The fraction of sp³-hybridized carbons (Fsp3) is 0.444. The van der Waals surface area contributed by atoms with Crippen LogP contribution in [0, 0.1) is 0 Å². The molecular weight excluding hydrogens is 499 g/mol. The van der Waals surface area contributed by atoms with Crippen molar-refractivity contribution in [2.45, 2.75) is 63.6 Å². The summed E-state index contributed by atoms with van der Waals surface area (Å²) < 4.78 is -0.274. The molecule has 5 nitrogen and oxygen atoms in total. The summed E-state index contributed by atoms with van der Waals surface area (Å²) in [7, 11) is 0. The monoisotopic (exact) mass is 530 g/mol. The van der Waals surface area contributed by atoms with Crippen LogP contribution in [-0.4, -0.2) is 52.1 Å². The third kappa shape index (κ3) is 5.40. The predicted octanol–water partition coefficient (Wildman–Crippen LogP) is 6.68. The van der Waals surface area contributed by atoms with Crippen LogP contribution in [0.2, 0.25) is 10.0 Å². The Labute approximate surface area is 222 Å². The lowest BCUT2D eigenvalue weighted by Crippen LogP contribution is -2.44. The van der Waals surface area contributed by atoms with Gasteiger partial charge in [-0.25, -0.2) is 0 Å². The molecule has 2 aliphatic rings. The number of amidine groups is 1. The highest BCUT2D eigenvalue weighted by atomic mass is 35.5. The van der Waals surface area contributed by atoms with Crippen LogP contribution in [0.4, 0.5) is 5.69 Å². The van der Waals surface area contributed by atoms with Gasteiger partial charge in [-0.2, -0.15) is 5.10 Å². The van der Waals surface area contributed by atoms with E-state index in [4.69, 9.17) is 33.3 Å². The largest absolute Gasteiger partial charge is 0.326 e. The molecule has 4 rings (SSSR count). The normalized spacial score (nSPS) is 20.1. The number of nitrogens with zero attached hydrogens (tertiary/aromatic N) is 4. The standard InChI is InChI=1S/C27H32Cl2N4OS/c1-6-33-24(16-34)35-27(4,5)25(31-33)19-10-12-23-18(14-19)8-7-13-32(23)26(30-17(2)3)20-9-11-21(28)22(29)15-20/h9-12,14-17,24H,6-8,13H2,1-5H3. The number of aliphatic imine (C=N–C) groups is 1. The molecule has 2 aromatic rings. The van der Waals surface area contributed by atoms with Crippen LogP contribution in [0.25, 0.3) is 0 Å². The summed E-state index contributed by atoms with van der Waals surface area (Å²) in [5.41, 5.74) is 5.49. The van der Waals surface area contributed by atoms with Crippen molar-refractivity contribution in [2.75, 3.05) is 18.0 Å². The number of aldehydes is 1. The second-order valence-electron chi connectivity index (χ2n) is 9.63. The molecule has 8 heteroatoms. The molecule has 0 fully saturated rings. The fourth-order valence-electron chi connectivity index (χ4n) is 4.62. The fourth-order valence-corrected chi connectivity index (χ4v) is 6.17. The van der Waals surface area contributed by atoms with Crippen LogP contribution in [0.5, 0.6) is 0 Å². The van der Waals surface area contributed by atoms with Gasteiger partial charge in [-0.1, -0.05) is 29.3 Å².